The fourth-order valence-electron chi connectivity index (χ4n) is 1.98. The van der Waals surface area contributed by atoms with E-state index in [1.807, 2.05) is 12.1 Å². The maximum atomic E-state index is 12.3. The molecule has 0 saturated heterocycles. The number of rotatable bonds is 5. The number of hydrogen-bond acceptors (Lipinski definition) is 7. The largest absolute Gasteiger partial charge is 0.493 e. The van der Waals surface area contributed by atoms with Crippen LogP contribution in [0.2, 0.25) is 0 Å². The van der Waals surface area contributed by atoms with Crippen molar-refractivity contribution >= 4 is 45.1 Å². The van der Waals surface area contributed by atoms with Crippen molar-refractivity contribution in [3.63, 3.8) is 0 Å². The van der Waals surface area contributed by atoms with Crippen molar-refractivity contribution in [3.8, 4) is 5.75 Å². The van der Waals surface area contributed by atoms with Gasteiger partial charge in [-0.25, -0.2) is 0 Å². The lowest BCUT2D eigenvalue weighted by molar-refractivity contribution is 0.0998. The van der Waals surface area contributed by atoms with Gasteiger partial charge in [0.05, 0.1) is 7.11 Å². The number of carbonyl (C=O) groups excluding carboxylic acids is 1. The summed E-state index contributed by atoms with van der Waals surface area (Å²) in [6.45, 7) is 4.15. The Morgan fingerprint density at radius 2 is 2.22 bits per heavy atom. The van der Waals surface area contributed by atoms with Crippen molar-refractivity contribution in [1.82, 2.24) is 10.2 Å². The molecule has 1 aromatic carbocycles. The van der Waals surface area contributed by atoms with Gasteiger partial charge in [-0.3, -0.25) is 10.1 Å². The molecule has 3 aromatic rings. The summed E-state index contributed by atoms with van der Waals surface area (Å²) in [6.07, 6.45) is 0. The Balaban J connectivity index is 1.79. The molecular formula is C15H15N3O3S2. The Kier molecular flexibility index (Phi) is 4.53. The van der Waals surface area contributed by atoms with Crippen molar-refractivity contribution in [3.05, 3.63) is 30.0 Å². The van der Waals surface area contributed by atoms with Crippen LogP contribution in [-0.2, 0) is 0 Å². The SMILES string of the molecule is COc1cccc2cc(C(=O)Nc3nnc(SC(C)C)s3)oc12. The van der Waals surface area contributed by atoms with Crippen molar-refractivity contribution in [1.29, 1.82) is 0 Å². The van der Waals surface area contributed by atoms with Crippen molar-refractivity contribution in [2.24, 2.45) is 0 Å². The van der Waals surface area contributed by atoms with Gasteiger partial charge in [0.1, 0.15) is 0 Å². The lowest BCUT2D eigenvalue weighted by Crippen LogP contribution is -2.10. The predicted molar refractivity (Wildman–Crippen MR) is 91.6 cm³/mol. The number of hydrogen-bond donors (Lipinski definition) is 1. The minimum absolute atomic E-state index is 0.206. The quantitative estimate of drug-likeness (QED) is 0.553. The van der Waals surface area contributed by atoms with Gasteiger partial charge in [0.2, 0.25) is 5.13 Å². The molecule has 8 heteroatoms. The molecule has 23 heavy (non-hydrogen) atoms. The highest BCUT2D eigenvalue weighted by Crippen LogP contribution is 2.30. The number of nitrogens with zero attached hydrogens (tertiary/aromatic N) is 2. The highest BCUT2D eigenvalue weighted by atomic mass is 32.2. The number of aromatic nitrogens is 2. The molecule has 3 rings (SSSR count). The molecule has 0 bridgehead atoms. The maximum absolute atomic E-state index is 12.3. The monoisotopic (exact) mass is 349 g/mol. The third-order valence-corrected chi connectivity index (χ3v) is 4.84. The van der Waals surface area contributed by atoms with E-state index in [0.29, 0.717) is 21.7 Å². The lowest BCUT2D eigenvalue weighted by Gasteiger charge is -1.99. The first kappa shape index (κ1) is 15.8. The van der Waals surface area contributed by atoms with E-state index in [4.69, 9.17) is 9.15 Å². The maximum Gasteiger partial charge on any atom is 0.293 e. The number of benzene rings is 1. The van der Waals surface area contributed by atoms with Crippen molar-refractivity contribution in [2.75, 3.05) is 12.4 Å². The van der Waals surface area contributed by atoms with E-state index in [9.17, 15) is 4.79 Å². The van der Waals surface area contributed by atoms with E-state index in [-0.39, 0.29) is 11.7 Å². The topological polar surface area (TPSA) is 77.2 Å². The Morgan fingerprint density at radius 1 is 1.39 bits per heavy atom. The Labute approximate surface area is 141 Å². The van der Waals surface area contributed by atoms with Crippen molar-refractivity contribution < 1.29 is 13.9 Å². The first-order valence-corrected chi connectivity index (χ1v) is 8.64. The molecule has 0 aliphatic rings. The molecule has 0 spiro atoms. The molecule has 2 aromatic heterocycles. The molecule has 0 saturated carbocycles. The smallest absolute Gasteiger partial charge is 0.293 e. The van der Waals surface area contributed by atoms with E-state index < -0.39 is 0 Å². The van der Waals surface area contributed by atoms with Gasteiger partial charge in [0.25, 0.3) is 5.91 Å². The summed E-state index contributed by atoms with van der Waals surface area (Å²) in [5.74, 6) is 0.436. The van der Waals surface area contributed by atoms with Crippen LogP contribution in [0.3, 0.4) is 0 Å². The van der Waals surface area contributed by atoms with Gasteiger partial charge in [-0.05, 0) is 12.1 Å². The lowest BCUT2D eigenvalue weighted by atomic mass is 10.2. The average molecular weight is 349 g/mol. The van der Waals surface area contributed by atoms with Gasteiger partial charge in [-0.15, -0.1) is 10.2 Å². The predicted octanol–water partition coefficient (Wildman–Crippen LogP) is 4.05. The zero-order valence-corrected chi connectivity index (χ0v) is 14.5. The number of para-hydroxylation sites is 1. The van der Waals surface area contributed by atoms with E-state index in [2.05, 4.69) is 29.4 Å². The number of carbonyl (C=O) groups is 1. The minimum atomic E-state index is -0.361. The summed E-state index contributed by atoms with van der Waals surface area (Å²) in [5, 5.41) is 12.4. The summed E-state index contributed by atoms with van der Waals surface area (Å²) in [4.78, 5) is 12.3. The van der Waals surface area contributed by atoms with E-state index >= 15 is 0 Å². The molecule has 0 atom stereocenters. The van der Waals surface area contributed by atoms with Gasteiger partial charge in [-0.1, -0.05) is 49.1 Å². The standard InChI is InChI=1S/C15H15N3O3S2/c1-8(2)22-15-18-17-14(23-15)16-13(19)11-7-9-5-4-6-10(20-3)12(9)21-11/h4-8H,1-3H3,(H,16,17,19). The number of furan rings is 1. The van der Waals surface area contributed by atoms with Crippen LogP contribution < -0.4 is 10.1 Å². The third kappa shape index (κ3) is 3.48. The fraction of sp³-hybridized carbons (Fsp3) is 0.267. The number of fused-ring (bicyclic) bond motifs is 1. The third-order valence-electron chi connectivity index (χ3n) is 2.92. The summed E-state index contributed by atoms with van der Waals surface area (Å²) >= 11 is 2.95. The van der Waals surface area contributed by atoms with Crippen LogP contribution in [0.25, 0.3) is 11.0 Å². The highest BCUT2D eigenvalue weighted by molar-refractivity contribution is 8.01. The summed E-state index contributed by atoms with van der Waals surface area (Å²) in [7, 11) is 1.56. The number of thioether (sulfide) groups is 1. The van der Waals surface area contributed by atoms with Gasteiger partial charge in [0.15, 0.2) is 21.4 Å². The fourth-order valence-corrected chi connectivity index (χ4v) is 3.95. The zero-order valence-electron chi connectivity index (χ0n) is 12.8. The van der Waals surface area contributed by atoms with Crippen LogP contribution in [0, 0.1) is 0 Å². The second-order valence-electron chi connectivity index (χ2n) is 4.98. The summed E-state index contributed by atoms with van der Waals surface area (Å²) < 4.78 is 11.7. The second kappa shape index (κ2) is 6.59. The van der Waals surface area contributed by atoms with Gasteiger partial charge in [0, 0.05) is 10.6 Å². The molecule has 1 amide bonds. The van der Waals surface area contributed by atoms with Crippen LogP contribution in [0.1, 0.15) is 24.4 Å². The Morgan fingerprint density at radius 3 is 2.96 bits per heavy atom. The van der Waals surface area contributed by atoms with Crippen LogP contribution in [-0.4, -0.2) is 28.5 Å². The first-order chi connectivity index (χ1) is 11.1. The van der Waals surface area contributed by atoms with Crippen LogP contribution in [0.4, 0.5) is 5.13 Å². The molecule has 0 radical (unpaired) electrons. The van der Waals surface area contributed by atoms with E-state index in [1.54, 1.807) is 31.0 Å². The van der Waals surface area contributed by atoms with Crippen LogP contribution >= 0.6 is 23.1 Å². The molecule has 0 aliphatic carbocycles. The van der Waals surface area contributed by atoms with Gasteiger partial charge in [-0.2, -0.15) is 0 Å². The Bertz CT molecular complexity index is 841. The summed E-state index contributed by atoms with van der Waals surface area (Å²) in [6, 6.07) is 7.17. The Hall–Kier alpha value is -2.06. The molecule has 1 N–H and O–H groups in total. The molecule has 2 heterocycles. The van der Waals surface area contributed by atoms with Gasteiger partial charge < -0.3 is 9.15 Å². The first-order valence-electron chi connectivity index (χ1n) is 6.95. The second-order valence-corrected chi connectivity index (χ2v) is 7.78. The molecule has 120 valence electrons. The molecular weight excluding hydrogens is 334 g/mol. The average Bonchev–Trinajstić information content (AvgIpc) is 3.12. The molecule has 6 nitrogen and oxygen atoms in total. The number of amides is 1. The number of methoxy groups -OCH3 is 1. The normalized spacial score (nSPS) is 11.1. The van der Waals surface area contributed by atoms with Crippen LogP contribution in [0.5, 0.6) is 5.75 Å². The number of anilines is 1. The highest BCUT2D eigenvalue weighted by Gasteiger charge is 2.17. The van der Waals surface area contributed by atoms with E-state index in [0.717, 1.165) is 9.73 Å². The van der Waals surface area contributed by atoms with Crippen LogP contribution in [0.15, 0.2) is 33.0 Å². The number of ether oxygens (including phenoxy) is 1. The van der Waals surface area contributed by atoms with Crippen molar-refractivity contribution in [2.45, 2.75) is 23.4 Å². The zero-order chi connectivity index (χ0) is 16.4. The molecule has 0 unspecified atom stereocenters. The molecule has 0 fully saturated rings. The minimum Gasteiger partial charge on any atom is -0.493 e. The summed E-state index contributed by atoms with van der Waals surface area (Å²) in [5.41, 5.74) is 0.550. The molecule has 0 aliphatic heterocycles. The van der Waals surface area contributed by atoms with E-state index in [1.165, 1.54) is 11.3 Å². The van der Waals surface area contributed by atoms with Gasteiger partial charge >= 0.3 is 0 Å². The number of nitrogens with one attached hydrogen (secondary N) is 1.